The van der Waals surface area contributed by atoms with Gasteiger partial charge in [-0.05, 0) is 58.4 Å². The molecule has 1 aromatic heterocycles. The van der Waals surface area contributed by atoms with Crippen molar-refractivity contribution in [3.05, 3.63) is 36.0 Å². The van der Waals surface area contributed by atoms with Gasteiger partial charge in [0.15, 0.2) is 0 Å². The van der Waals surface area contributed by atoms with Crippen LogP contribution in [0.4, 0.5) is 22.0 Å². The van der Waals surface area contributed by atoms with E-state index in [1.54, 1.807) is 9.80 Å². The molecule has 1 N–H and O–H groups in total. The van der Waals surface area contributed by atoms with Crippen molar-refractivity contribution in [2.45, 2.75) is 59.1 Å². The van der Waals surface area contributed by atoms with Crippen molar-refractivity contribution in [2.24, 2.45) is 0 Å². The van der Waals surface area contributed by atoms with Crippen molar-refractivity contribution in [3.8, 4) is 0 Å². The first-order valence-electron chi connectivity index (χ1n) is 12.6. The lowest BCUT2D eigenvalue weighted by Gasteiger charge is -2.36. The zero-order valence-corrected chi connectivity index (χ0v) is 21.6. The van der Waals surface area contributed by atoms with E-state index >= 15 is 0 Å². The van der Waals surface area contributed by atoms with Gasteiger partial charge in [-0.2, -0.15) is 5.10 Å². The molecule has 3 amide bonds. The number of rotatable bonds is 5. The predicted molar refractivity (Wildman–Crippen MR) is 138 cm³/mol. The molecule has 0 spiro atoms. The Morgan fingerprint density at radius 2 is 1.67 bits per heavy atom. The highest BCUT2D eigenvalue weighted by Gasteiger charge is 2.26. The summed E-state index contributed by atoms with van der Waals surface area (Å²) < 4.78 is 7.31. The normalized spacial score (nSPS) is 15.9. The van der Waals surface area contributed by atoms with Crippen LogP contribution in [0.15, 0.2) is 30.3 Å². The molecule has 194 valence electrons. The number of carbonyl (C=O) groups is 3. The van der Waals surface area contributed by atoms with Crippen LogP contribution < -0.4 is 15.1 Å². The van der Waals surface area contributed by atoms with Crippen molar-refractivity contribution in [3.63, 3.8) is 0 Å². The summed E-state index contributed by atoms with van der Waals surface area (Å²) in [7, 11) is 0. The Bertz CT molecular complexity index is 1100. The van der Waals surface area contributed by atoms with Crippen molar-refractivity contribution in [2.75, 3.05) is 47.8 Å². The van der Waals surface area contributed by atoms with E-state index in [2.05, 4.69) is 15.3 Å². The molecule has 0 unspecified atom stereocenters. The summed E-state index contributed by atoms with van der Waals surface area (Å²) in [6.07, 6.45) is 0.848. The molecule has 2 aliphatic heterocycles. The minimum absolute atomic E-state index is 0.0631. The average Bonchev–Trinajstić information content (AvgIpc) is 3.22. The maximum Gasteiger partial charge on any atom is 0.410 e. The third-order valence-corrected chi connectivity index (χ3v) is 6.22. The molecule has 0 aliphatic carbocycles. The van der Waals surface area contributed by atoms with E-state index in [1.165, 1.54) is 0 Å². The number of hydrogen-bond acceptors (Lipinski definition) is 6. The highest BCUT2D eigenvalue weighted by molar-refractivity contribution is 5.97. The molecule has 1 saturated heterocycles. The first-order chi connectivity index (χ1) is 17.1. The topological polar surface area (TPSA) is 100 Å². The highest BCUT2D eigenvalue weighted by Crippen LogP contribution is 2.23. The molecule has 0 atom stereocenters. The van der Waals surface area contributed by atoms with Crippen LogP contribution in [0.5, 0.6) is 0 Å². The summed E-state index contributed by atoms with van der Waals surface area (Å²) in [6.45, 7) is 11.6. The van der Waals surface area contributed by atoms with Gasteiger partial charge in [-0.3, -0.25) is 14.5 Å². The molecule has 3 heterocycles. The Morgan fingerprint density at radius 1 is 0.972 bits per heavy atom. The number of hydrogen-bond donors (Lipinski definition) is 1. The van der Waals surface area contributed by atoms with E-state index < -0.39 is 5.60 Å². The lowest BCUT2D eigenvalue weighted by Crippen LogP contribution is -2.50. The first-order valence-corrected chi connectivity index (χ1v) is 12.6. The summed E-state index contributed by atoms with van der Waals surface area (Å²) in [5, 5.41) is 7.30. The number of amides is 3. The minimum atomic E-state index is -0.502. The lowest BCUT2D eigenvalue weighted by molar-refractivity contribution is -0.122. The van der Waals surface area contributed by atoms with Gasteiger partial charge in [-0.1, -0.05) is 0 Å². The molecule has 2 aromatic rings. The molecule has 36 heavy (non-hydrogen) atoms. The summed E-state index contributed by atoms with van der Waals surface area (Å²) >= 11 is 0. The SMILES string of the molecule is Cc1cc2n(n1)CCCN2C(=O)CCC(=O)Nc1ccc(N2CCN(C(=O)OC(C)(C)C)CC2)cc1. The Hall–Kier alpha value is -3.56. The molecule has 1 aromatic carbocycles. The fourth-order valence-corrected chi connectivity index (χ4v) is 4.47. The molecule has 0 radical (unpaired) electrons. The van der Waals surface area contributed by atoms with Crippen LogP contribution in [0.3, 0.4) is 0 Å². The average molecular weight is 497 g/mol. The zero-order chi connectivity index (χ0) is 25.9. The van der Waals surface area contributed by atoms with E-state index in [0.29, 0.717) is 38.4 Å². The van der Waals surface area contributed by atoms with Crippen LogP contribution in [-0.2, 0) is 20.9 Å². The van der Waals surface area contributed by atoms with Gasteiger partial charge in [0.1, 0.15) is 11.4 Å². The van der Waals surface area contributed by atoms with Gasteiger partial charge in [0.25, 0.3) is 0 Å². The third kappa shape index (κ3) is 6.35. The van der Waals surface area contributed by atoms with Crippen molar-refractivity contribution in [1.82, 2.24) is 14.7 Å². The second-order valence-electron chi connectivity index (χ2n) is 10.3. The number of fused-ring (bicyclic) bond motifs is 1. The van der Waals surface area contributed by atoms with E-state index in [-0.39, 0.29) is 30.7 Å². The Balaban J connectivity index is 1.23. The van der Waals surface area contributed by atoms with Crippen LogP contribution in [0.25, 0.3) is 0 Å². The number of carbonyl (C=O) groups excluding carboxylic acids is 3. The van der Waals surface area contributed by atoms with Gasteiger partial charge in [-0.15, -0.1) is 0 Å². The molecule has 1 fully saturated rings. The monoisotopic (exact) mass is 496 g/mol. The van der Waals surface area contributed by atoms with Gasteiger partial charge < -0.3 is 19.9 Å². The number of nitrogens with zero attached hydrogens (tertiary/aromatic N) is 5. The number of anilines is 3. The smallest absolute Gasteiger partial charge is 0.410 e. The molecule has 10 nitrogen and oxygen atoms in total. The molecular formula is C26H36N6O4. The van der Waals surface area contributed by atoms with E-state index in [4.69, 9.17) is 4.74 Å². The lowest BCUT2D eigenvalue weighted by atomic mass is 10.2. The summed E-state index contributed by atoms with van der Waals surface area (Å²) in [5.41, 5.74) is 2.10. The second-order valence-corrected chi connectivity index (χ2v) is 10.3. The highest BCUT2D eigenvalue weighted by atomic mass is 16.6. The number of benzene rings is 1. The molecule has 2 aliphatic rings. The van der Waals surface area contributed by atoms with Crippen LogP contribution in [0.2, 0.25) is 0 Å². The van der Waals surface area contributed by atoms with Gasteiger partial charge in [-0.25, -0.2) is 9.48 Å². The predicted octanol–water partition coefficient (Wildman–Crippen LogP) is 3.40. The Morgan fingerprint density at radius 3 is 2.33 bits per heavy atom. The molecule has 0 saturated carbocycles. The summed E-state index contributed by atoms with van der Waals surface area (Å²) in [4.78, 5) is 43.2. The standard InChI is InChI=1S/C26H36N6O4/c1-19-18-23-31(12-5-13-32(23)28-19)24(34)11-10-22(33)27-20-6-8-21(9-7-20)29-14-16-30(17-15-29)25(35)36-26(2,3)4/h6-9,18H,5,10-17H2,1-4H3,(H,27,33). The van der Waals surface area contributed by atoms with Crippen LogP contribution >= 0.6 is 0 Å². The van der Waals surface area contributed by atoms with E-state index in [9.17, 15) is 14.4 Å². The molecule has 10 heteroatoms. The van der Waals surface area contributed by atoms with E-state index in [0.717, 1.165) is 30.2 Å². The maximum atomic E-state index is 12.7. The zero-order valence-electron chi connectivity index (χ0n) is 21.6. The molecule has 0 bridgehead atoms. The number of ether oxygens (including phenoxy) is 1. The Kier molecular flexibility index (Phi) is 7.51. The first kappa shape index (κ1) is 25.5. The quantitative estimate of drug-likeness (QED) is 0.681. The van der Waals surface area contributed by atoms with E-state index in [1.807, 2.05) is 62.7 Å². The van der Waals surface area contributed by atoms with Crippen LogP contribution in [0, 0.1) is 6.92 Å². The number of aromatic nitrogens is 2. The number of nitrogens with one attached hydrogen (secondary N) is 1. The van der Waals surface area contributed by atoms with Crippen LogP contribution in [0.1, 0.15) is 45.7 Å². The minimum Gasteiger partial charge on any atom is -0.444 e. The third-order valence-electron chi connectivity index (χ3n) is 6.22. The Labute approximate surface area is 212 Å². The van der Waals surface area contributed by atoms with Crippen molar-refractivity contribution in [1.29, 1.82) is 0 Å². The molecular weight excluding hydrogens is 460 g/mol. The van der Waals surface area contributed by atoms with Gasteiger partial charge in [0, 0.05) is 69.6 Å². The summed E-state index contributed by atoms with van der Waals surface area (Å²) in [6, 6.07) is 9.56. The fourth-order valence-electron chi connectivity index (χ4n) is 4.47. The van der Waals surface area contributed by atoms with Crippen molar-refractivity contribution < 1.29 is 19.1 Å². The number of piperazine rings is 1. The van der Waals surface area contributed by atoms with Gasteiger partial charge in [0.2, 0.25) is 11.8 Å². The molecule has 4 rings (SSSR count). The van der Waals surface area contributed by atoms with Crippen LogP contribution in [-0.4, -0.2) is 70.9 Å². The summed E-state index contributed by atoms with van der Waals surface area (Å²) in [5.74, 6) is 0.558. The van der Waals surface area contributed by atoms with Crippen molar-refractivity contribution >= 4 is 35.1 Å². The maximum absolute atomic E-state index is 12.7. The number of aryl methyl sites for hydroxylation is 2. The second kappa shape index (κ2) is 10.6. The fraction of sp³-hybridized carbons (Fsp3) is 0.538. The van der Waals surface area contributed by atoms with Gasteiger partial charge in [0.05, 0.1) is 5.69 Å². The largest absolute Gasteiger partial charge is 0.444 e. The van der Waals surface area contributed by atoms with Gasteiger partial charge >= 0.3 is 6.09 Å².